The monoisotopic (exact) mass is 227 g/mol. The zero-order chi connectivity index (χ0) is 12.8. The Morgan fingerprint density at radius 1 is 1.38 bits per heavy atom. The van der Waals surface area contributed by atoms with Crippen LogP contribution < -0.4 is 5.32 Å². The number of allylic oxidation sites excluding steroid dienone is 1. The van der Waals surface area contributed by atoms with Gasteiger partial charge in [0.25, 0.3) is 0 Å². The van der Waals surface area contributed by atoms with Gasteiger partial charge < -0.3 is 10.4 Å². The van der Waals surface area contributed by atoms with Crippen LogP contribution in [0.1, 0.15) is 40.5 Å². The lowest BCUT2D eigenvalue weighted by molar-refractivity contribution is -0.142. The van der Waals surface area contributed by atoms with Gasteiger partial charge >= 0.3 is 5.97 Å². The molecule has 1 amide bonds. The maximum absolute atomic E-state index is 11.5. The van der Waals surface area contributed by atoms with Gasteiger partial charge in [-0.25, -0.2) is 4.79 Å². The minimum atomic E-state index is -1.000. The van der Waals surface area contributed by atoms with Crippen molar-refractivity contribution in [2.24, 2.45) is 5.41 Å². The molecule has 0 radical (unpaired) electrons. The summed E-state index contributed by atoms with van der Waals surface area (Å²) in [5.74, 6) is -1.22. The molecule has 0 bridgehead atoms. The van der Waals surface area contributed by atoms with Gasteiger partial charge in [-0.3, -0.25) is 4.79 Å². The van der Waals surface area contributed by atoms with Gasteiger partial charge in [0.2, 0.25) is 5.91 Å². The maximum Gasteiger partial charge on any atom is 0.326 e. The molecule has 0 aromatic heterocycles. The zero-order valence-electron chi connectivity index (χ0n) is 10.4. The lowest BCUT2D eigenvalue weighted by Crippen LogP contribution is -2.41. The van der Waals surface area contributed by atoms with Crippen LogP contribution in [0.2, 0.25) is 0 Å². The second-order valence-corrected chi connectivity index (χ2v) is 5.00. The van der Waals surface area contributed by atoms with E-state index in [0.717, 1.165) is 0 Å². The van der Waals surface area contributed by atoms with Crippen molar-refractivity contribution in [2.45, 2.75) is 46.6 Å². The first-order valence-electron chi connectivity index (χ1n) is 5.39. The highest BCUT2D eigenvalue weighted by atomic mass is 16.4. The summed E-state index contributed by atoms with van der Waals surface area (Å²) in [4.78, 5) is 22.4. The normalized spacial score (nSPS) is 13.8. The summed E-state index contributed by atoms with van der Waals surface area (Å²) >= 11 is 0. The van der Waals surface area contributed by atoms with Crippen LogP contribution in [0.25, 0.3) is 0 Å². The smallest absolute Gasteiger partial charge is 0.326 e. The van der Waals surface area contributed by atoms with Gasteiger partial charge in [-0.2, -0.15) is 0 Å². The van der Waals surface area contributed by atoms with Crippen molar-refractivity contribution in [3.63, 3.8) is 0 Å². The van der Waals surface area contributed by atoms with Gasteiger partial charge in [-0.1, -0.05) is 32.9 Å². The predicted molar refractivity (Wildman–Crippen MR) is 63.1 cm³/mol. The van der Waals surface area contributed by atoms with Gasteiger partial charge in [-0.15, -0.1) is 0 Å². The van der Waals surface area contributed by atoms with E-state index in [1.54, 1.807) is 12.2 Å². The first-order chi connectivity index (χ1) is 7.26. The van der Waals surface area contributed by atoms with E-state index in [1.165, 1.54) is 0 Å². The number of carboxylic acid groups (broad SMARTS) is 1. The van der Waals surface area contributed by atoms with Crippen LogP contribution in [0.4, 0.5) is 0 Å². The minimum Gasteiger partial charge on any atom is -0.480 e. The van der Waals surface area contributed by atoms with E-state index in [0.29, 0.717) is 12.8 Å². The molecule has 0 aromatic carbocycles. The molecule has 4 nitrogen and oxygen atoms in total. The average Bonchev–Trinajstić information content (AvgIpc) is 2.08. The first kappa shape index (κ1) is 14.7. The number of hydrogen-bond donors (Lipinski definition) is 2. The summed E-state index contributed by atoms with van der Waals surface area (Å²) in [5.41, 5.74) is -0.131. The van der Waals surface area contributed by atoms with Crippen LogP contribution in [0.15, 0.2) is 12.2 Å². The molecule has 0 saturated carbocycles. The van der Waals surface area contributed by atoms with Crippen LogP contribution in [-0.2, 0) is 9.59 Å². The number of nitrogens with one attached hydrogen (secondary N) is 1. The molecule has 92 valence electrons. The third kappa shape index (κ3) is 7.04. The summed E-state index contributed by atoms with van der Waals surface area (Å²) in [7, 11) is 0. The fourth-order valence-corrected chi connectivity index (χ4v) is 1.22. The lowest BCUT2D eigenvalue weighted by Gasteiger charge is -2.19. The highest BCUT2D eigenvalue weighted by Gasteiger charge is 2.21. The summed E-state index contributed by atoms with van der Waals surface area (Å²) in [6.45, 7) is 7.63. The first-order valence-corrected chi connectivity index (χ1v) is 5.39. The number of rotatable bonds is 5. The zero-order valence-corrected chi connectivity index (χ0v) is 10.4. The van der Waals surface area contributed by atoms with Crippen LogP contribution >= 0.6 is 0 Å². The van der Waals surface area contributed by atoms with Gasteiger partial charge in [-0.05, 0) is 18.8 Å². The van der Waals surface area contributed by atoms with Crippen molar-refractivity contribution in [1.29, 1.82) is 0 Å². The lowest BCUT2D eigenvalue weighted by atomic mass is 9.92. The van der Waals surface area contributed by atoms with Gasteiger partial charge in [0.1, 0.15) is 6.04 Å². The molecular weight excluding hydrogens is 206 g/mol. The Bertz CT molecular complexity index is 276. The van der Waals surface area contributed by atoms with E-state index < -0.39 is 12.0 Å². The quantitative estimate of drug-likeness (QED) is 0.705. The molecule has 0 aliphatic heterocycles. The topological polar surface area (TPSA) is 66.4 Å². The molecule has 0 fully saturated rings. The van der Waals surface area contributed by atoms with E-state index in [2.05, 4.69) is 5.32 Å². The van der Waals surface area contributed by atoms with Crippen LogP contribution in [0, 0.1) is 5.41 Å². The number of hydrogen-bond acceptors (Lipinski definition) is 2. The largest absolute Gasteiger partial charge is 0.480 e. The van der Waals surface area contributed by atoms with Crippen LogP contribution in [0.5, 0.6) is 0 Å². The molecule has 4 heteroatoms. The summed E-state index contributed by atoms with van der Waals surface area (Å²) in [5, 5.41) is 11.4. The Balaban J connectivity index is 4.29. The van der Waals surface area contributed by atoms with Gasteiger partial charge in [0, 0.05) is 6.42 Å². The van der Waals surface area contributed by atoms with Crippen molar-refractivity contribution in [3.05, 3.63) is 12.2 Å². The summed E-state index contributed by atoms with van der Waals surface area (Å²) < 4.78 is 0. The Morgan fingerprint density at radius 2 is 1.94 bits per heavy atom. The molecule has 0 aromatic rings. The van der Waals surface area contributed by atoms with E-state index >= 15 is 0 Å². The summed E-state index contributed by atoms with van der Waals surface area (Å²) in [6, 6.07) is -0.828. The van der Waals surface area contributed by atoms with Crippen molar-refractivity contribution in [1.82, 2.24) is 5.32 Å². The molecule has 1 atom stereocenters. The fraction of sp³-hybridized carbons (Fsp3) is 0.667. The number of aliphatic carboxylic acids is 1. The molecule has 0 aliphatic rings. The highest BCUT2D eigenvalue weighted by molar-refractivity contribution is 5.83. The average molecular weight is 227 g/mol. The standard InChI is InChI=1S/C12H21NO3/c1-5-6-7-9(11(15)16)13-10(14)8-12(2,3)4/h5-6,9H,7-8H2,1-4H3,(H,13,14)(H,15,16)/b6-5+. The van der Waals surface area contributed by atoms with Crippen molar-refractivity contribution in [3.8, 4) is 0 Å². The second-order valence-electron chi connectivity index (χ2n) is 5.00. The molecule has 0 heterocycles. The maximum atomic E-state index is 11.5. The van der Waals surface area contributed by atoms with Crippen molar-refractivity contribution in [2.75, 3.05) is 0 Å². The molecule has 0 spiro atoms. The molecule has 2 N–H and O–H groups in total. The molecular formula is C12H21NO3. The Labute approximate surface area is 96.7 Å². The molecule has 0 saturated heterocycles. The van der Waals surface area contributed by atoms with Crippen LogP contribution in [0.3, 0.4) is 0 Å². The third-order valence-corrected chi connectivity index (χ3v) is 1.93. The number of carbonyl (C=O) groups is 2. The highest BCUT2D eigenvalue weighted by Crippen LogP contribution is 2.18. The minimum absolute atomic E-state index is 0.131. The third-order valence-electron chi connectivity index (χ3n) is 1.93. The van der Waals surface area contributed by atoms with Gasteiger partial charge in [0.15, 0.2) is 0 Å². The SMILES string of the molecule is C/C=C/CC(NC(=O)CC(C)(C)C)C(=O)O. The molecule has 1 unspecified atom stereocenters. The van der Waals surface area contributed by atoms with Crippen LogP contribution in [-0.4, -0.2) is 23.0 Å². The van der Waals surface area contributed by atoms with Gasteiger partial charge in [0.05, 0.1) is 0 Å². The Morgan fingerprint density at radius 3 is 2.31 bits per heavy atom. The molecule has 0 aliphatic carbocycles. The number of carboxylic acids is 1. The number of amides is 1. The molecule has 0 rings (SSSR count). The van der Waals surface area contributed by atoms with E-state index in [-0.39, 0.29) is 11.3 Å². The Hall–Kier alpha value is -1.32. The fourth-order valence-electron chi connectivity index (χ4n) is 1.22. The van der Waals surface area contributed by atoms with E-state index in [1.807, 2.05) is 27.7 Å². The van der Waals surface area contributed by atoms with Crippen molar-refractivity contribution < 1.29 is 14.7 Å². The Kier molecular flexibility index (Phi) is 5.78. The van der Waals surface area contributed by atoms with E-state index in [4.69, 9.17) is 5.11 Å². The predicted octanol–water partition coefficient (Wildman–Crippen LogP) is 1.96. The molecule has 16 heavy (non-hydrogen) atoms. The van der Waals surface area contributed by atoms with E-state index in [9.17, 15) is 9.59 Å². The van der Waals surface area contributed by atoms with Crippen molar-refractivity contribution >= 4 is 11.9 Å². The summed E-state index contributed by atoms with van der Waals surface area (Å²) in [6.07, 6.45) is 4.15. The number of carbonyl (C=O) groups excluding carboxylic acids is 1. The second kappa shape index (κ2) is 6.30.